The van der Waals surface area contributed by atoms with Crippen molar-refractivity contribution in [2.75, 3.05) is 13.7 Å². The average Bonchev–Trinajstić information content (AvgIpc) is 2.61. The van der Waals surface area contributed by atoms with E-state index in [1.54, 1.807) is 10.9 Å². The van der Waals surface area contributed by atoms with Crippen molar-refractivity contribution in [1.82, 2.24) is 9.78 Å². The molecular weight excluding hydrogens is 197 g/mol. The number of methoxy groups -OCH3 is 1. The van der Waals surface area contributed by atoms with Gasteiger partial charge < -0.3 is 10.5 Å². The van der Waals surface area contributed by atoms with Crippen molar-refractivity contribution in [3.63, 3.8) is 0 Å². The van der Waals surface area contributed by atoms with Crippen LogP contribution in [0.4, 0.5) is 4.39 Å². The summed E-state index contributed by atoms with van der Waals surface area (Å²) in [4.78, 5) is 0. The molecule has 0 fully saturated rings. The predicted octanol–water partition coefficient (Wildman–Crippen LogP) is 1.83. The number of nitrogens with zero attached hydrogens (tertiary/aromatic N) is 2. The van der Waals surface area contributed by atoms with Gasteiger partial charge in [-0.25, -0.2) is 4.39 Å². The molecule has 2 N–H and O–H groups in total. The molecule has 86 valence electrons. The first-order valence-electron chi connectivity index (χ1n) is 5.07. The summed E-state index contributed by atoms with van der Waals surface area (Å²) in [6.45, 7) is 4.21. The van der Waals surface area contributed by atoms with Crippen LogP contribution in [0.15, 0.2) is 6.20 Å². The number of halogens is 1. The Bertz CT molecular complexity index is 312. The van der Waals surface area contributed by atoms with Crippen molar-refractivity contribution in [2.24, 2.45) is 5.73 Å². The molecule has 0 bridgehead atoms. The minimum Gasteiger partial charge on any atom is -0.493 e. The highest BCUT2D eigenvalue weighted by Gasteiger charge is 2.22. The molecule has 1 heterocycles. The zero-order valence-electron chi connectivity index (χ0n) is 9.40. The van der Waals surface area contributed by atoms with Crippen molar-refractivity contribution < 1.29 is 9.13 Å². The van der Waals surface area contributed by atoms with E-state index in [1.807, 2.05) is 13.8 Å². The lowest BCUT2D eigenvalue weighted by atomic mass is 10.2. The molecule has 0 saturated heterocycles. The Morgan fingerprint density at radius 3 is 2.73 bits per heavy atom. The first-order valence-corrected chi connectivity index (χ1v) is 5.07. The van der Waals surface area contributed by atoms with Crippen LogP contribution in [-0.4, -0.2) is 23.4 Å². The van der Waals surface area contributed by atoms with Crippen molar-refractivity contribution in [3.8, 4) is 5.75 Å². The van der Waals surface area contributed by atoms with E-state index in [9.17, 15) is 4.39 Å². The van der Waals surface area contributed by atoms with Gasteiger partial charge in [0, 0.05) is 6.04 Å². The Morgan fingerprint density at radius 2 is 2.27 bits per heavy atom. The Morgan fingerprint density at radius 1 is 1.60 bits per heavy atom. The van der Waals surface area contributed by atoms with Crippen LogP contribution in [0.5, 0.6) is 5.75 Å². The maximum absolute atomic E-state index is 13.8. The summed E-state index contributed by atoms with van der Waals surface area (Å²) in [6.07, 6.45) is 0.711. The van der Waals surface area contributed by atoms with E-state index < -0.39 is 6.17 Å². The highest BCUT2D eigenvalue weighted by molar-refractivity contribution is 5.27. The van der Waals surface area contributed by atoms with Gasteiger partial charge in [-0.15, -0.1) is 0 Å². The minimum atomic E-state index is -1.12. The summed E-state index contributed by atoms with van der Waals surface area (Å²) in [7, 11) is 1.51. The van der Waals surface area contributed by atoms with Crippen LogP contribution in [0.2, 0.25) is 0 Å². The fourth-order valence-corrected chi connectivity index (χ4v) is 1.51. The molecule has 1 rings (SSSR count). The second-order valence-electron chi connectivity index (χ2n) is 3.68. The topological polar surface area (TPSA) is 53.1 Å². The zero-order valence-corrected chi connectivity index (χ0v) is 9.40. The summed E-state index contributed by atoms with van der Waals surface area (Å²) in [5, 5.41) is 4.10. The van der Waals surface area contributed by atoms with E-state index in [0.717, 1.165) is 0 Å². The molecule has 5 heteroatoms. The molecule has 0 aliphatic rings. The van der Waals surface area contributed by atoms with Crippen LogP contribution in [0.25, 0.3) is 0 Å². The SMILES string of the molecule is COc1cnn(C(C)C)c1C(F)CCN. The summed E-state index contributed by atoms with van der Waals surface area (Å²) in [6, 6.07) is 0.111. The molecule has 4 nitrogen and oxygen atoms in total. The highest BCUT2D eigenvalue weighted by Crippen LogP contribution is 2.31. The first kappa shape index (κ1) is 12.0. The molecule has 0 saturated carbocycles. The smallest absolute Gasteiger partial charge is 0.162 e. The lowest BCUT2D eigenvalue weighted by Crippen LogP contribution is -2.12. The third-order valence-corrected chi connectivity index (χ3v) is 2.22. The third-order valence-electron chi connectivity index (χ3n) is 2.22. The zero-order chi connectivity index (χ0) is 11.4. The maximum atomic E-state index is 13.8. The molecule has 0 aliphatic carbocycles. The molecule has 0 radical (unpaired) electrons. The standard InChI is InChI=1S/C10H18FN3O/c1-7(2)14-10(8(11)4-5-12)9(15-3)6-13-14/h6-8H,4-5,12H2,1-3H3. The minimum absolute atomic E-state index is 0.111. The lowest BCUT2D eigenvalue weighted by molar-refractivity contribution is 0.285. The molecule has 1 aromatic rings. The second-order valence-corrected chi connectivity index (χ2v) is 3.68. The number of nitrogens with two attached hydrogens (primary N) is 1. The van der Waals surface area contributed by atoms with Gasteiger partial charge in [0.2, 0.25) is 0 Å². The van der Waals surface area contributed by atoms with Crippen LogP contribution in [0, 0.1) is 0 Å². The quantitative estimate of drug-likeness (QED) is 0.815. The van der Waals surface area contributed by atoms with E-state index >= 15 is 0 Å². The molecule has 0 aliphatic heterocycles. The Kier molecular flexibility index (Phi) is 4.08. The van der Waals surface area contributed by atoms with Gasteiger partial charge >= 0.3 is 0 Å². The van der Waals surface area contributed by atoms with Crippen LogP contribution >= 0.6 is 0 Å². The summed E-state index contributed by atoms with van der Waals surface area (Å²) in [5.74, 6) is 0.490. The molecule has 1 atom stereocenters. The Labute approximate surface area is 89.2 Å². The molecular formula is C10H18FN3O. The van der Waals surface area contributed by atoms with E-state index in [4.69, 9.17) is 10.5 Å². The van der Waals surface area contributed by atoms with Crippen molar-refractivity contribution >= 4 is 0 Å². The number of aromatic nitrogens is 2. The molecule has 0 spiro atoms. The fraction of sp³-hybridized carbons (Fsp3) is 0.700. The van der Waals surface area contributed by atoms with Crippen molar-refractivity contribution in [1.29, 1.82) is 0 Å². The second kappa shape index (κ2) is 5.11. The highest BCUT2D eigenvalue weighted by atomic mass is 19.1. The Balaban J connectivity index is 3.04. The fourth-order valence-electron chi connectivity index (χ4n) is 1.51. The summed E-state index contributed by atoms with van der Waals surface area (Å²) < 4.78 is 20.5. The Hall–Kier alpha value is -1.10. The number of rotatable bonds is 5. The number of ether oxygens (including phenoxy) is 1. The van der Waals surface area contributed by atoms with Gasteiger partial charge in [-0.05, 0) is 26.8 Å². The van der Waals surface area contributed by atoms with Gasteiger partial charge in [-0.2, -0.15) is 5.10 Å². The third kappa shape index (κ3) is 2.47. The molecule has 1 aromatic heterocycles. The molecule has 0 amide bonds. The van der Waals surface area contributed by atoms with Gasteiger partial charge in [0.05, 0.1) is 13.3 Å². The normalized spacial score (nSPS) is 13.2. The van der Waals surface area contributed by atoms with Gasteiger partial charge in [0.25, 0.3) is 0 Å². The summed E-state index contributed by atoms with van der Waals surface area (Å²) >= 11 is 0. The monoisotopic (exact) mass is 215 g/mol. The van der Waals surface area contributed by atoms with Gasteiger partial charge in [0.1, 0.15) is 11.9 Å². The van der Waals surface area contributed by atoms with E-state index in [1.165, 1.54) is 7.11 Å². The first-order chi connectivity index (χ1) is 7.11. The van der Waals surface area contributed by atoms with E-state index in [-0.39, 0.29) is 12.5 Å². The van der Waals surface area contributed by atoms with Gasteiger partial charge in [-0.3, -0.25) is 4.68 Å². The van der Waals surface area contributed by atoms with Crippen LogP contribution < -0.4 is 10.5 Å². The van der Waals surface area contributed by atoms with Crippen LogP contribution in [0.3, 0.4) is 0 Å². The van der Waals surface area contributed by atoms with Crippen LogP contribution in [-0.2, 0) is 0 Å². The number of hydrogen-bond donors (Lipinski definition) is 1. The van der Waals surface area contributed by atoms with Crippen LogP contribution in [0.1, 0.15) is 38.2 Å². The van der Waals surface area contributed by atoms with Crippen molar-refractivity contribution in [3.05, 3.63) is 11.9 Å². The van der Waals surface area contributed by atoms with Crippen molar-refractivity contribution in [2.45, 2.75) is 32.5 Å². The predicted molar refractivity (Wildman–Crippen MR) is 56.7 cm³/mol. The number of hydrogen-bond acceptors (Lipinski definition) is 3. The molecule has 1 unspecified atom stereocenters. The number of alkyl halides is 1. The average molecular weight is 215 g/mol. The molecule has 15 heavy (non-hydrogen) atoms. The van der Waals surface area contributed by atoms with Gasteiger partial charge in [0.15, 0.2) is 5.75 Å². The lowest BCUT2D eigenvalue weighted by Gasteiger charge is -2.14. The molecule has 0 aromatic carbocycles. The van der Waals surface area contributed by atoms with E-state index in [2.05, 4.69) is 5.10 Å². The largest absolute Gasteiger partial charge is 0.493 e. The maximum Gasteiger partial charge on any atom is 0.162 e. The summed E-state index contributed by atoms with van der Waals surface area (Å²) in [5.41, 5.74) is 5.83. The van der Waals surface area contributed by atoms with Gasteiger partial charge in [-0.1, -0.05) is 0 Å². The van der Waals surface area contributed by atoms with E-state index in [0.29, 0.717) is 18.0 Å².